The Bertz CT molecular complexity index is 1280. The average molecular weight is 416 g/mol. The van der Waals surface area contributed by atoms with E-state index in [0.717, 1.165) is 11.3 Å². The molecule has 0 radical (unpaired) electrons. The summed E-state index contributed by atoms with van der Waals surface area (Å²) in [5, 5.41) is 3.81. The molecular weight excluding hydrogens is 400 g/mol. The Morgan fingerprint density at radius 3 is 2.54 bits per heavy atom. The third-order valence-electron chi connectivity index (χ3n) is 4.33. The van der Waals surface area contributed by atoms with Gasteiger partial charge in [-0.25, -0.2) is 13.1 Å². The van der Waals surface area contributed by atoms with Crippen molar-refractivity contribution in [3.63, 3.8) is 0 Å². The lowest BCUT2D eigenvalue weighted by Crippen LogP contribution is -2.22. The van der Waals surface area contributed by atoms with Crippen molar-refractivity contribution < 1.29 is 12.9 Å². The van der Waals surface area contributed by atoms with Gasteiger partial charge in [-0.2, -0.15) is 0 Å². The van der Waals surface area contributed by atoms with Gasteiger partial charge in [-0.3, -0.25) is 14.2 Å². The second kappa shape index (κ2) is 6.80. The lowest BCUT2D eigenvalue weighted by molar-refractivity contribution is 0.422. The van der Waals surface area contributed by atoms with Crippen molar-refractivity contribution >= 4 is 27.0 Å². The molecule has 10 heteroatoms. The second-order valence-corrected chi connectivity index (χ2v) is 9.04. The first-order chi connectivity index (χ1) is 13.4. The minimum Gasteiger partial charge on any atom is -0.364 e. The molecule has 3 heterocycles. The molecule has 28 heavy (non-hydrogen) atoms. The molecule has 0 bridgehead atoms. The lowest BCUT2D eigenvalue weighted by atomic mass is 10.3. The number of rotatable bonds is 5. The Labute approximate surface area is 164 Å². The van der Waals surface area contributed by atoms with E-state index in [0.29, 0.717) is 22.0 Å². The van der Waals surface area contributed by atoms with Crippen LogP contribution in [0, 0.1) is 6.92 Å². The zero-order chi connectivity index (χ0) is 19.9. The van der Waals surface area contributed by atoms with Crippen molar-refractivity contribution in [3.05, 3.63) is 70.8 Å². The van der Waals surface area contributed by atoms with Gasteiger partial charge in [0.2, 0.25) is 0 Å². The average Bonchev–Trinajstić information content (AvgIpc) is 3.40. The Morgan fingerprint density at radius 1 is 1.11 bits per heavy atom. The zero-order valence-corrected chi connectivity index (χ0v) is 16.6. The van der Waals surface area contributed by atoms with E-state index in [9.17, 15) is 13.2 Å². The Balaban J connectivity index is 1.72. The normalized spacial score (nSPS) is 11.6. The van der Waals surface area contributed by atoms with Crippen molar-refractivity contribution in [1.82, 2.24) is 14.5 Å². The molecule has 1 N–H and O–H groups in total. The van der Waals surface area contributed by atoms with Crippen LogP contribution in [0.3, 0.4) is 0 Å². The maximum Gasteiger partial charge on any atom is 0.296 e. The van der Waals surface area contributed by atoms with Crippen LogP contribution in [0.25, 0.3) is 16.3 Å². The largest absolute Gasteiger partial charge is 0.364 e. The number of anilines is 1. The van der Waals surface area contributed by atoms with Gasteiger partial charge in [0.25, 0.3) is 15.6 Å². The Kier molecular flexibility index (Phi) is 4.44. The highest BCUT2D eigenvalue weighted by atomic mass is 32.2. The Morgan fingerprint density at radius 2 is 1.86 bits per heavy atom. The van der Waals surface area contributed by atoms with E-state index >= 15 is 0 Å². The van der Waals surface area contributed by atoms with Gasteiger partial charge in [-0.05, 0) is 31.2 Å². The van der Waals surface area contributed by atoms with Crippen molar-refractivity contribution in [2.45, 2.75) is 11.1 Å². The molecule has 0 fully saturated rings. The number of hydrogen-bond acceptors (Lipinski definition) is 6. The highest BCUT2D eigenvalue weighted by Crippen LogP contribution is 2.30. The molecule has 0 amide bonds. The predicted molar refractivity (Wildman–Crippen MR) is 106 cm³/mol. The molecule has 8 nitrogen and oxygen atoms in total. The van der Waals surface area contributed by atoms with E-state index in [4.69, 9.17) is 4.52 Å². The van der Waals surface area contributed by atoms with Crippen LogP contribution in [0.1, 0.15) is 5.69 Å². The van der Waals surface area contributed by atoms with Crippen LogP contribution in [-0.2, 0) is 17.1 Å². The highest BCUT2D eigenvalue weighted by Gasteiger charge is 2.24. The summed E-state index contributed by atoms with van der Waals surface area (Å²) in [5.74, 6) is 0. The number of aromatic nitrogens is 3. The third kappa shape index (κ3) is 3.06. The smallest absolute Gasteiger partial charge is 0.296 e. The molecule has 4 rings (SSSR count). The van der Waals surface area contributed by atoms with E-state index in [-0.39, 0.29) is 9.90 Å². The first-order valence-electron chi connectivity index (χ1n) is 8.26. The van der Waals surface area contributed by atoms with Gasteiger partial charge in [0.05, 0.1) is 16.3 Å². The maximum absolute atomic E-state index is 12.9. The monoisotopic (exact) mass is 416 g/mol. The number of sulfonamides is 1. The van der Waals surface area contributed by atoms with Crippen molar-refractivity contribution in [3.8, 4) is 16.3 Å². The van der Waals surface area contributed by atoms with E-state index in [2.05, 4.69) is 9.88 Å². The summed E-state index contributed by atoms with van der Waals surface area (Å²) < 4.78 is 36.0. The van der Waals surface area contributed by atoms with E-state index in [1.165, 1.54) is 17.0 Å². The van der Waals surface area contributed by atoms with Gasteiger partial charge < -0.3 is 4.52 Å². The molecule has 144 valence electrons. The van der Waals surface area contributed by atoms with E-state index in [1.54, 1.807) is 42.9 Å². The minimum atomic E-state index is -3.93. The summed E-state index contributed by atoms with van der Waals surface area (Å²) in [7, 11) is -2.23. The molecule has 0 aliphatic rings. The van der Waals surface area contributed by atoms with Crippen LogP contribution < -0.4 is 10.3 Å². The molecular formula is C18H16N4O4S2. The standard InChI is InChI=1S/C18H16N4O4S2/c1-12-17(18(23)22(21(12)2)13-6-4-3-5-7-13)20-28(24,25)16-9-8-15(27-16)14-10-11-26-19-14/h3-11,20H,1-2H3. The van der Waals surface area contributed by atoms with Gasteiger partial charge in [-0.1, -0.05) is 23.4 Å². The molecule has 3 aromatic heterocycles. The predicted octanol–water partition coefficient (Wildman–Crippen LogP) is 3.00. The van der Waals surface area contributed by atoms with Crippen molar-refractivity contribution in [2.24, 2.45) is 7.05 Å². The summed E-state index contributed by atoms with van der Waals surface area (Å²) >= 11 is 1.05. The summed E-state index contributed by atoms with van der Waals surface area (Å²) in [6.45, 7) is 1.69. The third-order valence-corrected chi connectivity index (χ3v) is 7.28. The van der Waals surface area contributed by atoms with Gasteiger partial charge >= 0.3 is 0 Å². The fraction of sp³-hybridized carbons (Fsp3) is 0.111. The van der Waals surface area contributed by atoms with Crippen molar-refractivity contribution in [1.29, 1.82) is 0 Å². The summed E-state index contributed by atoms with van der Waals surface area (Å²) in [4.78, 5) is 13.6. The molecule has 0 saturated heterocycles. The zero-order valence-electron chi connectivity index (χ0n) is 15.0. The summed E-state index contributed by atoms with van der Waals surface area (Å²) in [6.07, 6.45) is 1.42. The number of para-hydroxylation sites is 1. The lowest BCUT2D eigenvalue weighted by Gasteiger charge is -2.07. The highest BCUT2D eigenvalue weighted by molar-refractivity contribution is 7.94. The first kappa shape index (κ1) is 18.3. The summed E-state index contributed by atoms with van der Waals surface area (Å²) in [5.41, 5.74) is 1.28. The van der Waals surface area contributed by atoms with Crippen LogP contribution >= 0.6 is 11.3 Å². The SMILES string of the molecule is Cc1c(NS(=O)(=O)c2ccc(-c3ccon3)s2)c(=O)n(-c2ccccc2)n1C. The van der Waals surface area contributed by atoms with Crippen LogP contribution in [0.4, 0.5) is 5.69 Å². The molecule has 4 aromatic rings. The Hall–Kier alpha value is -3.11. The summed E-state index contributed by atoms with van der Waals surface area (Å²) in [6, 6.07) is 13.8. The van der Waals surface area contributed by atoms with Gasteiger partial charge in [-0.15, -0.1) is 11.3 Å². The van der Waals surface area contributed by atoms with Crippen molar-refractivity contribution in [2.75, 3.05) is 4.72 Å². The number of hydrogen-bond donors (Lipinski definition) is 1. The fourth-order valence-corrected chi connectivity index (χ4v) is 5.20. The van der Waals surface area contributed by atoms with Crippen LogP contribution in [0.15, 0.2) is 68.3 Å². The first-order valence-corrected chi connectivity index (χ1v) is 10.6. The number of thiophene rings is 1. The minimum absolute atomic E-state index is 0.0164. The van der Waals surface area contributed by atoms with Crippen LogP contribution in [-0.4, -0.2) is 22.9 Å². The van der Waals surface area contributed by atoms with Gasteiger partial charge in [0, 0.05) is 13.1 Å². The molecule has 0 saturated carbocycles. The molecule has 0 unspecified atom stereocenters. The maximum atomic E-state index is 12.9. The van der Waals surface area contributed by atoms with Crippen LogP contribution in [0.5, 0.6) is 0 Å². The molecule has 1 aromatic carbocycles. The molecule has 0 atom stereocenters. The number of nitrogens with one attached hydrogen (secondary N) is 1. The van der Waals surface area contributed by atoms with E-state index < -0.39 is 15.6 Å². The molecule has 0 aliphatic heterocycles. The van der Waals surface area contributed by atoms with Gasteiger partial charge in [0.1, 0.15) is 21.9 Å². The van der Waals surface area contributed by atoms with E-state index in [1.807, 2.05) is 18.2 Å². The fourth-order valence-electron chi connectivity index (χ4n) is 2.81. The topological polar surface area (TPSA) is 99.1 Å². The second-order valence-electron chi connectivity index (χ2n) is 6.05. The van der Waals surface area contributed by atoms with Crippen LogP contribution in [0.2, 0.25) is 0 Å². The quantitative estimate of drug-likeness (QED) is 0.539. The van der Waals surface area contributed by atoms with Gasteiger partial charge in [0.15, 0.2) is 0 Å². The number of benzene rings is 1. The molecule has 0 spiro atoms. The molecule has 0 aliphatic carbocycles. The number of nitrogens with zero attached hydrogens (tertiary/aromatic N) is 3.